The van der Waals surface area contributed by atoms with E-state index >= 15 is 0 Å². The second-order valence-electron chi connectivity index (χ2n) is 4.09. The van der Waals surface area contributed by atoms with Crippen LogP contribution in [-0.2, 0) is 6.54 Å². The van der Waals surface area contributed by atoms with E-state index < -0.39 is 0 Å². The fourth-order valence-corrected chi connectivity index (χ4v) is 1.87. The molecule has 0 unspecified atom stereocenters. The lowest BCUT2D eigenvalue weighted by molar-refractivity contribution is 0.0791. The normalized spacial score (nSPS) is 20.1. The lowest BCUT2D eigenvalue weighted by Gasteiger charge is -2.29. The van der Waals surface area contributed by atoms with E-state index in [1.54, 1.807) is 6.26 Å². The monoisotopic (exact) mass is 195 g/mol. The average molecular weight is 195 g/mol. The zero-order chi connectivity index (χ0) is 9.97. The minimum Gasteiger partial charge on any atom is -0.472 e. The van der Waals surface area contributed by atoms with Crippen molar-refractivity contribution < 1.29 is 9.52 Å². The fraction of sp³-hybridized carbons (Fsp3) is 0.636. The molecule has 78 valence electrons. The van der Waals surface area contributed by atoms with E-state index in [-0.39, 0.29) is 6.10 Å². The molecule has 2 rings (SSSR count). The van der Waals surface area contributed by atoms with Crippen molar-refractivity contribution in [3.63, 3.8) is 0 Å². The second kappa shape index (κ2) is 4.15. The molecular weight excluding hydrogens is 178 g/mol. The van der Waals surface area contributed by atoms with Crippen LogP contribution in [0.25, 0.3) is 0 Å². The number of aliphatic hydroxyl groups excluding tert-OH is 1. The molecule has 2 heterocycles. The van der Waals surface area contributed by atoms with Gasteiger partial charge in [-0.1, -0.05) is 0 Å². The highest BCUT2D eigenvalue weighted by Gasteiger charge is 2.17. The Balaban J connectivity index is 1.89. The Hall–Kier alpha value is -0.800. The Morgan fingerprint density at radius 3 is 2.71 bits per heavy atom. The van der Waals surface area contributed by atoms with Crippen LogP contribution in [0.2, 0.25) is 0 Å². The molecule has 1 N–H and O–H groups in total. The number of furan rings is 1. The predicted octanol–water partition coefficient (Wildman–Crippen LogP) is 1.54. The van der Waals surface area contributed by atoms with Gasteiger partial charge in [-0.3, -0.25) is 4.90 Å². The number of aliphatic hydroxyl groups is 1. The molecule has 14 heavy (non-hydrogen) atoms. The summed E-state index contributed by atoms with van der Waals surface area (Å²) in [4.78, 5) is 2.37. The summed E-state index contributed by atoms with van der Waals surface area (Å²) in [7, 11) is 0. The Kier molecular flexibility index (Phi) is 2.89. The molecule has 0 bridgehead atoms. The van der Waals surface area contributed by atoms with Gasteiger partial charge in [-0.15, -0.1) is 0 Å². The first-order valence-electron chi connectivity index (χ1n) is 5.18. The molecule has 0 saturated carbocycles. The number of aryl methyl sites for hydroxylation is 1. The van der Waals surface area contributed by atoms with Gasteiger partial charge in [-0.2, -0.15) is 0 Å². The van der Waals surface area contributed by atoms with E-state index in [0.717, 1.165) is 32.5 Å². The summed E-state index contributed by atoms with van der Waals surface area (Å²) in [6.45, 7) is 5.00. The standard InChI is InChI=1S/C11H17NO2/c1-9-7-14-8-10(9)6-12-4-2-11(13)3-5-12/h7-8,11,13H,2-6H2,1H3. The third-order valence-corrected chi connectivity index (χ3v) is 2.91. The van der Waals surface area contributed by atoms with Crippen molar-refractivity contribution in [2.45, 2.75) is 32.4 Å². The van der Waals surface area contributed by atoms with E-state index in [0.29, 0.717) is 0 Å². The molecule has 0 amide bonds. The second-order valence-corrected chi connectivity index (χ2v) is 4.09. The van der Waals surface area contributed by atoms with Crippen molar-refractivity contribution in [2.24, 2.45) is 0 Å². The quantitative estimate of drug-likeness (QED) is 0.777. The molecule has 0 radical (unpaired) electrons. The predicted molar refractivity (Wildman–Crippen MR) is 54.0 cm³/mol. The summed E-state index contributed by atoms with van der Waals surface area (Å²) in [5, 5.41) is 9.36. The molecule has 1 aromatic rings. The van der Waals surface area contributed by atoms with Crippen molar-refractivity contribution in [3.8, 4) is 0 Å². The van der Waals surface area contributed by atoms with Crippen LogP contribution in [0.5, 0.6) is 0 Å². The summed E-state index contributed by atoms with van der Waals surface area (Å²) in [5.41, 5.74) is 2.48. The first kappa shape index (κ1) is 9.74. The smallest absolute Gasteiger partial charge is 0.0950 e. The number of hydrogen-bond donors (Lipinski definition) is 1. The zero-order valence-electron chi connectivity index (χ0n) is 8.57. The molecule has 1 saturated heterocycles. The Morgan fingerprint density at radius 2 is 2.14 bits per heavy atom. The maximum absolute atomic E-state index is 9.36. The highest BCUT2D eigenvalue weighted by molar-refractivity contribution is 5.18. The topological polar surface area (TPSA) is 36.6 Å². The van der Waals surface area contributed by atoms with Gasteiger partial charge in [0.2, 0.25) is 0 Å². The third-order valence-electron chi connectivity index (χ3n) is 2.91. The van der Waals surface area contributed by atoms with Gasteiger partial charge in [-0.05, 0) is 25.3 Å². The van der Waals surface area contributed by atoms with Crippen LogP contribution >= 0.6 is 0 Å². The maximum Gasteiger partial charge on any atom is 0.0950 e. The number of hydrogen-bond acceptors (Lipinski definition) is 3. The van der Waals surface area contributed by atoms with E-state index in [2.05, 4.69) is 11.8 Å². The molecule has 1 fully saturated rings. The van der Waals surface area contributed by atoms with Gasteiger partial charge in [0.25, 0.3) is 0 Å². The van der Waals surface area contributed by atoms with E-state index in [9.17, 15) is 5.11 Å². The molecule has 0 aromatic carbocycles. The third kappa shape index (κ3) is 2.16. The van der Waals surface area contributed by atoms with Crippen molar-refractivity contribution >= 4 is 0 Å². The van der Waals surface area contributed by atoms with E-state index in [4.69, 9.17) is 4.42 Å². The first-order valence-corrected chi connectivity index (χ1v) is 5.18. The Bertz CT molecular complexity index is 287. The molecule has 0 spiro atoms. The minimum absolute atomic E-state index is 0.0864. The summed E-state index contributed by atoms with van der Waals surface area (Å²) >= 11 is 0. The molecule has 1 aromatic heterocycles. The zero-order valence-corrected chi connectivity index (χ0v) is 8.57. The van der Waals surface area contributed by atoms with Crippen molar-refractivity contribution in [2.75, 3.05) is 13.1 Å². The SMILES string of the molecule is Cc1cocc1CN1CCC(O)CC1. The van der Waals surface area contributed by atoms with Crippen LogP contribution in [0.1, 0.15) is 24.0 Å². The summed E-state index contributed by atoms with van der Waals surface area (Å²) in [5.74, 6) is 0. The number of rotatable bonds is 2. The van der Waals surface area contributed by atoms with Gasteiger partial charge in [0.05, 0.1) is 18.6 Å². The van der Waals surface area contributed by atoms with Gasteiger partial charge < -0.3 is 9.52 Å². The number of nitrogens with zero attached hydrogens (tertiary/aromatic N) is 1. The summed E-state index contributed by atoms with van der Waals surface area (Å²) in [6, 6.07) is 0. The molecule has 3 nitrogen and oxygen atoms in total. The van der Waals surface area contributed by atoms with Crippen LogP contribution < -0.4 is 0 Å². The van der Waals surface area contributed by atoms with Crippen LogP contribution in [0.15, 0.2) is 16.9 Å². The van der Waals surface area contributed by atoms with Crippen molar-refractivity contribution in [1.82, 2.24) is 4.90 Å². The fourth-order valence-electron chi connectivity index (χ4n) is 1.87. The molecule has 3 heteroatoms. The number of piperidine rings is 1. The van der Waals surface area contributed by atoms with E-state index in [1.165, 1.54) is 11.1 Å². The maximum atomic E-state index is 9.36. The van der Waals surface area contributed by atoms with Crippen LogP contribution in [0, 0.1) is 6.92 Å². The molecule has 1 aliphatic rings. The van der Waals surface area contributed by atoms with Gasteiger partial charge in [0.15, 0.2) is 0 Å². The Morgan fingerprint density at radius 1 is 1.43 bits per heavy atom. The highest BCUT2D eigenvalue weighted by atomic mass is 16.3. The van der Waals surface area contributed by atoms with Crippen LogP contribution in [0.4, 0.5) is 0 Å². The number of likely N-dealkylation sites (tertiary alicyclic amines) is 1. The van der Waals surface area contributed by atoms with E-state index in [1.807, 2.05) is 6.26 Å². The van der Waals surface area contributed by atoms with Crippen molar-refractivity contribution in [1.29, 1.82) is 0 Å². The summed E-state index contributed by atoms with van der Waals surface area (Å²) < 4.78 is 5.13. The van der Waals surface area contributed by atoms with Crippen molar-refractivity contribution in [3.05, 3.63) is 23.7 Å². The average Bonchev–Trinajstić information content (AvgIpc) is 2.56. The van der Waals surface area contributed by atoms with Gasteiger partial charge in [0, 0.05) is 25.2 Å². The minimum atomic E-state index is -0.0864. The van der Waals surface area contributed by atoms with Crippen LogP contribution in [-0.4, -0.2) is 29.2 Å². The molecular formula is C11H17NO2. The Labute approximate surface area is 84.3 Å². The molecule has 0 atom stereocenters. The first-order chi connectivity index (χ1) is 6.75. The largest absolute Gasteiger partial charge is 0.472 e. The molecule has 0 aliphatic carbocycles. The lowest BCUT2D eigenvalue weighted by Crippen LogP contribution is -2.35. The van der Waals surface area contributed by atoms with Crippen LogP contribution in [0.3, 0.4) is 0 Å². The van der Waals surface area contributed by atoms with Gasteiger partial charge in [0.1, 0.15) is 0 Å². The van der Waals surface area contributed by atoms with Gasteiger partial charge in [-0.25, -0.2) is 0 Å². The summed E-state index contributed by atoms with van der Waals surface area (Å²) in [6.07, 6.45) is 5.32. The van der Waals surface area contributed by atoms with Gasteiger partial charge >= 0.3 is 0 Å². The highest BCUT2D eigenvalue weighted by Crippen LogP contribution is 2.16. The molecule has 1 aliphatic heterocycles. The lowest BCUT2D eigenvalue weighted by atomic mass is 10.1.